The summed E-state index contributed by atoms with van der Waals surface area (Å²) in [4.78, 5) is 13.8. The van der Waals surface area contributed by atoms with E-state index < -0.39 is 11.8 Å². The first kappa shape index (κ1) is 18.5. The average molecular weight is 370 g/mol. The molecule has 2 heterocycles. The fourth-order valence-electron chi connectivity index (χ4n) is 3.26. The van der Waals surface area contributed by atoms with Gasteiger partial charge in [0.15, 0.2) is 5.60 Å². The highest BCUT2D eigenvalue weighted by Gasteiger charge is 2.56. The normalized spacial score (nSPS) is 18.7. The molecule has 1 aliphatic rings. The van der Waals surface area contributed by atoms with Crippen LogP contribution in [0.5, 0.6) is 0 Å². The van der Waals surface area contributed by atoms with E-state index in [4.69, 9.17) is 4.74 Å². The lowest BCUT2D eigenvalue weighted by atomic mass is 9.90. The molecule has 2 amide bonds. The van der Waals surface area contributed by atoms with Crippen LogP contribution in [-0.2, 0) is 4.74 Å². The highest BCUT2D eigenvalue weighted by Crippen LogP contribution is 2.41. The van der Waals surface area contributed by atoms with Crippen LogP contribution in [0.2, 0.25) is 0 Å². The van der Waals surface area contributed by atoms with Crippen molar-refractivity contribution in [2.45, 2.75) is 37.6 Å². The fourth-order valence-corrected chi connectivity index (χ4v) is 3.26. The number of aromatic amines is 1. The molecule has 26 heavy (non-hydrogen) atoms. The Morgan fingerprint density at radius 3 is 2.69 bits per heavy atom. The van der Waals surface area contributed by atoms with Crippen molar-refractivity contribution in [3.63, 3.8) is 0 Å². The molecule has 0 aliphatic carbocycles. The molecule has 142 valence electrons. The first-order chi connectivity index (χ1) is 12.3. The third-order valence-electron chi connectivity index (χ3n) is 5.07. The number of benzene rings is 1. The van der Waals surface area contributed by atoms with Crippen LogP contribution in [0.4, 0.5) is 18.0 Å². The lowest BCUT2D eigenvalue weighted by Gasteiger charge is -2.41. The van der Waals surface area contributed by atoms with Crippen LogP contribution < -0.4 is 5.32 Å². The number of fused-ring (bicyclic) bond motifs is 1. The molecule has 1 aromatic carbocycles. The van der Waals surface area contributed by atoms with Crippen LogP contribution >= 0.6 is 0 Å². The zero-order chi connectivity index (χ0) is 18.9. The first-order valence-corrected chi connectivity index (χ1v) is 8.36. The molecule has 1 unspecified atom stereocenters. The van der Waals surface area contributed by atoms with E-state index in [9.17, 15) is 18.0 Å². The second-order valence-corrected chi connectivity index (χ2v) is 6.57. The van der Waals surface area contributed by atoms with Gasteiger partial charge < -0.3 is 15.0 Å². The van der Waals surface area contributed by atoms with Gasteiger partial charge in [-0.05, 0) is 24.6 Å². The zero-order valence-corrected chi connectivity index (χ0v) is 14.6. The summed E-state index contributed by atoms with van der Waals surface area (Å²) in [5, 5.41) is 10.6. The van der Waals surface area contributed by atoms with Crippen molar-refractivity contribution < 1.29 is 22.7 Å². The number of H-pyrrole nitrogens is 1. The lowest BCUT2D eigenvalue weighted by molar-refractivity contribution is -0.281. The predicted molar refractivity (Wildman–Crippen MR) is 89.6 cm³/mol. The van der Waals surface area contributed by atoms with Crippen molar-refractivity contribution in [1.29, 1.82) is 0 Å². The van der Waals surface area contributed by atoms with Gasteiger partial charge in [-0.2, -0.15) is 18.3 Å². The Morgan fingerprint density at radius 1 is 1.38 bits per heavy atom. The number of amides is 2. The summed E-state index contributed by atoms with van der Waals surface area (Å²) in [6.07, 6.45) is -3.29. The van der Waals surface area contributed by atoms with E-state index in [1.807, 2.05) is 25.1 Å². The number of ether oxygens (including phenoxy) is 1. The van der Waals surface area contributed by atoms with E-state index >= 15 is 0 Å². The monoisotopic (exact) mass is 370 g/mol. The standard InChI is InChI=1S/C17H21F3N4O2/c1-11(12-3-4-14-13(9-12)10-21-23-14)22-15(25)24-7-5-16(26-2,6-8-24)17(18,19)20/h3-4,9-11H,5-8H2,1-2H3,(H,21,23)(H,22,25). The van der Waals surface area contributed by atoms with E-state index in [1.165, 1.54) is 4.90 Å². The van der Waals surface area contributed by atoms with E-state index in [0.29, 0.717) is 0 Å². The minimum Gasteiger partial charge on any atom is -0.369 e. The summed E-state index contributed by atoms with van der Waals surface area (Å²) in [5.74, 6) is 0. The first-order valence-electron chi connectivity index (χ1n) is 8.36. The lowest BCUT2D eigenvalue weighted by Crippen LogP contribution is -2.56. The van der Waals surface area contributed by atoms with Crippen LogP contribution in [0.3, 0.4) is 0 Å². The maximum Gasteiger partial charge on any atom is 0.417 e. The number of aromatic nitrogens is 2. The number of hydrogen-bond acceptors (Lipinski definition) is 3. The molecule has 1 aromatic heterocycles. The molecule has 0 spiro atoms. The molecule has 1 fully saturated rings. The van der Waals surface area contributed by atoms with Crippen molar-refractivity contribution >= 4 is 16.9 Å². The van der Waals surface area contributed by atoms with Crippen molar-refractivity contribution in [2.75, 3.05) is 20.2 Å². The number of methoxy groups -OCH3 is 1. The van der Waals surface area contributed by atoms with Crippen molar-refractivity contribution in [3.8, 4) is 0 Å². The van der Waals surface area contributed by atoms with Gasteiger partial charge in [0.25, 0.3) is 0 Å². The van der Waals surface area contributed by atoms with Gasteiger partial charge in [-0.1, -0.05) is 6.07 Å². The Kier molecular flexibility index (Phi) is 4.83. The zero-order valence-electron chi connectivity index (χ0n) is 14.6. The summed E-state index contributed by atoms with van der Waals surface area (Å²) in [7, 11) is 1.07. The van der Waals surface area contributed by atoms with E-state index in [-0.39, 0.29) is 38.0 Å². The number of hydrogen-bond donors (Lipinski definition) is 2. The van der Waals surface area contributed by atoms with Crippen molar-refractivity contribution in [2.24, 2.45) is 0 Å². The second kappa shape index (κ2) is 6.79. The second-order valence-electron chi connectivity index (χ2n) is 6.57. The number of nitrogens with one attached hydrogen (secondary N) is 2. The van der Waals surface area contributed by atoms with Gasteiger partial charge in [0.2, 0.25) is 0 Å². The van der Waals surface area contributed by atoms with Crippen LogP contribution in [0.15, 0.2) is 24.4 Å². The van der Waals surface area contributed by atoms with Crippen molar-refractivity contribution in [1.82, 2.24) is 20.4 Å². The largest absolute Gasteiger partial charge is 0.417 e. The topological polar surface area (TPSA) is 70.2 Å². The number of halogens is 3. The highest BCUT2D eigenvalue weighted by atomic mass is 19.4. The number of rotatable bonds is 3. The van der Waals surface area contributed by atoms with Gasteiger partial charge in [0.05, 0.1) is 17.8 Å². The summed E-state index contributed by atoms with van der Waals surface area (Å²) in [6.45, 7) is 1.82. The molecule has 3 rings (SSSR count). The van der Waals surface area contributed by atoms with Crippen molar-refractivity contribution in [3.05, 3.63) is 30.0 Å². The quantitative estimate of drug-likeness (QED) is 0.870. The van der Waals surface area contributed by atoms with Crippen LogP contribution in [0.25, 0.3) is 10.9 Å². The molecular formula is C17H21F3N4O2. The minimum atomic E-state index is -4.45. The molecule has 2 N–H and O–H groups in total. The van der Waals surface area contributed by atoms with E-state index in [2.05, 4.69) is 15.5 Å². The van der Waals surface area contributed by atoms with Gasteiger partial charge >= 0.3 is 12.2 Å². The van der Waals surface area contributed by atoms with Gasteiger partial charge in [-0.3, -0.25) is 5.10 Å². The summed E-state index contributed by atoms with van der Waals surface area (Å²) < 4.78 is 44.4. The molecule has 0 radical (unpaired) electrons. The fraction of sp³-hybridized carbons (Fsp3) is 0.529. The number of urea groups is 1. The Hall–Kier alpha value is -2.29. The van der Waals surface area contributed by atoms with E-state index in [0.717, 1.165) is 23.6 Å². The molecule has 1 atom stereocenters. The summed E-state index contributed by atoms with van der Waals surface area (Å²) in [5.41, 5.74) is -0.376. The Balaban J connectivity index is 1.62. The molecule has 1 saturated heterocycles. The Morgan fingerprint density at radius 2 is 2.08 bits per heavy atom. The number of carbonyl (C=O) groups excluding carboxylic acids is 1. The predicted octanol–water partition coefficient (Wildman–Crippen LogP) is 3.38. The third-order valence-corrected chi connectivity index (χ3v) is 5.07. The summed E-state index contributed by atoms with van der Waals surface area (Å²) in [6, 6.07) is 5.01. The maximum atomic E-state index is 13.2. The van der Waals surface area contributed by atoms with Gasteiger partial charge in [0, 0.05) is 38.4 Å². The number of likely N-dealkylation sites (tertiary alicyclic amines) is 1. The number of carbonyl (C=O) groups is 1. The number of nitrogens with zero attached hydrogens (tertiary/aromatic N) is 2. The van der Waals surface area contributed by atoms with E-state index in [1.54, 1.807) is 6.20 Å². The smallest absolute Gasteiger partial charge is 0.369 e. The molecule has 0 bridgehead atoms. The molecule has 1 aliphatic heterocycles. The Labute approximate surface area is 148 Å². The molecular weight excluding hydrogens is 349 g/mol. The Bertz CT molecular complexity index is 782. The number of alkyl halides is 3. The van der Waals surface area contributed by atoms with Crippen LogP contribution in [0.1, 0.15) is 31.4 Å². The molecule has 2 aromatic rings. The minimum absolute atomic E-state index is 0.00727. The summed E-state index contributed by atoms with van der Waals surface area (Å²) >= 11 is 0. The van der Waals surface area contributed by atoms with Crippen LogP contribution in [0, 0.1) is 0 Å². The van der Waals surface area contributed by atoms with Gasteiger partial charge in [-0.15, -0.1) is 0 Å². The SMILES string of the molecule is COC1(C(F)(F)F)CCN(C(=O)NC(C)c2ccc3[nH]ncc3c2)CC1. The van der Waals surface area contributed by atoms with Gasteiger partial charge in [-0.25, -0.2) is 4.79 Å². The van der Waals surface area contributed by atoms with Crippen LogP contribution in [-0.4, -0.2) is 53.1 Å². The third kappa shape index (κ3) is 3.35. The molecule has 6 nitrogen and oxygen atoms in total. The highest BCUT2D eigenvalue weighted by molar-refractivity contribution is 5.79. The number of piperidine rings is 1. The van der Waals surface area contributed by atoms with Gasteiger partial charge in [0.1, 0.15) is 0 Å². The maximum absolute atomic E-state index is 13.2. The molecule has 0 saturated carbocycles. The average Bonchev–Trinajstić information content (AvgIpc) is 3.08. The molecule has 9 heteroatoms.